The van der Waals surface area contributed by atoms with Crippen molar-refractivity contribution in [1.29, 1.82) is 0 Å². The average Bonchev–Trinajstić information content (AvgIpc) is 2.78. The van der Waals surface area contributed by atoms with Gasteiger partial charge in [-0.2, -0.15) is 5.10 Å². The summed E-state index contributed by atoms with van der Waals surface area (Å²) >= 11 is 11.8. The fourth-order valence-electron chi connectivity index (χ4n) is 2.12. The third kappa shape index (κ3) is 1.97. The Balaban J connectivity index is 2.39. The van der Waals surface area contributed by atoms with Crippen molar-refractivity contribution in [3.8, 4) is 11.3 Å². The summed E-state index contributed by atoms with van der Waals surface area (Å²) in [6.07, 6.45) is 1.37. The fraction of sp³-hybridized carbons (Fsp3) is 0.0714. The largest absolute Gasteiger partial charge is 0.275 e. The van der Waals surface area contributed by atoms with Gasteiger partial charge >= 0.3 is 0 Å². The predicted molar refractivity (Wildman–Crippen MR) is 79.1 cm³/mol. The van der Waals surface area contributed by atoms with E-state index in [0.717, 1.165) is 5.56 Å². The molecule has 3 rings (SSSR count). The van der Waals surface area contributed by atoms with Gasteiger partial charge in [0.05, 0.1) is 16.0 Å². The maximum atomic E-state index is 11.4. The predicted octanol–water partition coefficient (Wildman–Crippen LogP) is 3.67. The van der Waals surface area contributed by atoms with Gasteiger partial charge in [-0.3, -0.25) is 4.79 Å². The van der Waals surface area contributed by atoms with E-state index < -0.39 is 5.24 Å². The Morgan fingerprint density at radius 2 is 1.95 bits per heavy atom. The first-order valence-corrected chi connectivity index (χ1v) is 6.61. The molecule has 1 aromatic carbocycles. The molecular formula is C14H9Cl2N3O. The maximum absolute atomic E-state index is 11.4. The Hall–Kier alpha value is -1.91. The second-order valence-corrected chi connectivity index (χ2v) is 5.02. The molecule has 2 aromatic heterocycles. The standard InChI is InChI=1S/C14H9Cl2N3O/c1-19-14-10(11(15)9(7-17-14)13(16)20)12(18-19)8-5-3-2-4-6-8/h2-7H,1H3. The highest BCUT2D eigenvalue weighted by Gasteiger charge is 2.19. The first-order chi connectivity index (χ1) is 9.59. The van der Waals surface area contributed by atoms with Crippen molar-refractivity contribution < 1.29 is 4.79 Å². The number of rotatable bonds is 2. The summed E-state index contributed by atoms with van der Waals surface area (Å²) in [5.74, 6) is 0. The van der Waals surface area contributed by atoms with E-state index in [4.69, 9.17) is 23.2 Å². The SMILES string of the molecule is Cn1nc(-c2ccccc2)c2c(Cl)c(C(=O)Cl)cnc21. The van der Waals surface area contributed by atoms with E-state index in [0.29, 0.717) is 16.7 Å². The van der Waals surface area contributed by atoms with Crippen LogP contribution in [0.3, 0.4) is 0 Å². The molecule has 3 aromatic rings. The zero-order chi connectivity index (χ0) is 14.3. The minimum Gasteiger partial charge on any atom is -0.275 e. The molecule has 6 heteroatoms. The Labute approximate surface area is 124 Å². The summed E-state index contributed by atoms with van der Waals surface area (Å²) in [5, 5.41) is 4.72. The normalized spacial score (nSPS) is 10.9. The quantitative estimate of drug-likeness (QED) is 0.679. The van der Waals surface area contributed by atoms with Crippen LogP contribution in [0.2, 0.25) is 5.02 Å². The molecule has 0 saturated heterocycles. The van der Waals surface area contributed by atoms with E-state index in [1.165, 1.54) is 6.20 Å². The van der Waals surface area contributed by atoms with Crippen LogP contribution in [0, 0.1) is 0 Å². The first kappa shape index (κ1) is 13.1. The van der Waals surface area contributed by atoms with Gasteiger partial charge in [-0.15, -0.1) is 0 Å². The van der Waals surface area contributed by atoms with Crippen molar-refractivity contribution in [2.75, 3.05) is 0 Å². The molecule has 0 spiro atoms. The van der Waals surface area contributed by atoms with E-state index in [1.807, 2.05) is 30.3 Å². The Morgan fingerprint density at radius 3 is 2.60 bits per heavy atom. The Kier molecular flexibility index (Phi) is 3.20. The molecule has 0 saturated carbocycles. The fourth-order valence-corrected chi connectivity index (χ4v) is 2.62. The number of carbonyl (C=O) groups is 1. The van der Waals surface area contributed by atoms with Crippen molar-refractivity contribution in [3.05, 3.63) is 47.1 Å². The van der Waals surface area contributed by atoms with Crippen LogP contribution < -0.4 is 0 Å². The molecule has 0 amide bonds. The van der Waals surface area contributed by atoms with Crippen LogP contribution in [-0.2, 0) is 7.05 Å². The number of fused-ring (bicyclic) bond motifs is 1. The number of pyridine rings is 1. The number of aromatic nitrogens is 3. The second-order valence-electron chi connectivity index (χ2n) is 4.30. The van der Waals surface area contributed by atoms with Gasteiger partial charge in [-0.25, -0.2) is 9.67 Å². The number of aryl methyl sites for hydroxylation is 1. The van der Waals surface area contributed by atoms with Gasteiger partial charge in [0.25, 0.3) is 5.24 Å². The Bertz CT molecular complexity index is 812. The minimum atomic E-state index is -0.632. The second kappa shape index (κ2) is 4.89. The number of carbonyl (C=O) groups excluding carboxylic acids is 1. The zero-order valence-corrected chi connectivity index (χ0v) is 12.0. The number of halogens is 2. The van der Waals surface area contributed by atoms with Gasteiger partial charge in [-0.1, -0.05) is 41.9 Å². The van der Waals surface area contributed by atoms with Gasteiger partial charge in [-0.05, 0) is 11.6 Å². The third-order valence-corrected chi connectivity index (χ3v) is 3.64. The molecule has 0 fully saturated rings. The average molecular weight is 306 g/mol. The molecule has 0 N–H and O–H groups in total. The lowest BCUT2D eigenvalue weighted by molar-refractivity contribution is 0.108. The van der Waals surface area contributed by atoms with Crippen LogP contribution in [0.5, 0.6) is 0 Å². The Morgan fingerprint density at radius 1 is 1.25 bits per heavy atom. The summed E-state index contributed by atoms with van der Waals surface area (Å²) in [6, 6.07) is 9.59. The van der Waals surface area contributed by atoms with Crippen molar-refractivity contribution in [3.63, 3.8) is 0 Å². The molecular weight excluding hydrogens is 297 g/mol. The van der Waals surface area contributed by atoms with Crippen LogP contribution in [0.15, 0.2) is 36.5 Å². The van der Waals surface area contributed by atoms with Gasteiger partial charge in [0.15, 0.2) is 5.65 Å². The monoisotopic (exact) mass is 305 g/mol. The van der Waals surface area contributed by atoms with E-state index >= 15 is 0 Å². The number of nitrogens with zero attached hydrogens (tertiary/aromatic N) is 3. The topological polar surface area (TPSA) is 47.8 Å². The molecule has 0 unspecified atom stereocenters. The molecule has 100 valence electrons. The zero-order valence-electron chi connectivity index (χ0n) is 10.5. The van der Waals surface area contributed by atoms with Crippen LogP contribution in [0.4, 0.5) is 0 Å². The number of benzene rings is 1. The molecule has 0 aliphatic heterocycles. The highest BCUT2D eigenvalue weighted by atomic mass is 35.5. The van der Waals surface area contributed by atoms with Crippen LogP contribution >= 0.6 is 23.2 Å². The van der Waals surface area contributed by atoms with Crippen LogP contribution in [-0.4, -0.2) is 20.0 Å². The van der Waals surface area contributed by atoms with Crippen LogP contribution in [0.25, 0.3) is 22.3 Å². The van der Waals surface area contributed by atoms with Crippen molar-refractivity contribution in [2.45, 2.75) is 0 Å². The lowest BCUT2D eigenvalue weighted by atomic mass is 10.1. The molecule has 0 aliphatic carbocycles. The van der Waals surface area contributed by atoms with Crippen LogP contribution in [0.1, 0.15) is 10.4 Å². The van der Waals surface area contributed by atoms with Gasteiger partial charge in [0, 0.05) is 18.8 Å². The van der Waals surface area contributed by atoms with E-state index in [2.05, 4.69) is 10.1 Å². The molecule has 0 aliphatic rings. The van der Waals surface area contributed by atoms with E-state index in [9.17, 15) is 4.79 Å². The summed E-state index contributed by atoms with van der Waals surface area (Å²) < 4.78 is 1.63. The van der Waals surface area contributed by atoms with Crippen molar-refractivity contribution in [1.82, 2.24) is 14.8 Å². The number of hydrogen-bond acceptors (Lipinski definition) is 3. The smallest absolute Gasteiger partial charge is 0.255 e. The van der Waals surface area contributed by atoms with E-state index in [-0.39, 0.29) is 10.6 Å². The van der Waals surface area contributed by atoms with Crippen molar-refractivity contribution >= 4 is 39.5 Å². The summed E-state index contributed by atoms with van der Waals surface area (Å²) in [5.41, 5.74) is 2.38. The highest BCUT2D eigenvalue weighted by molar-refractivity contribution is 6.69. The summed E-state index contributed by atoms with van der Waals surface area (Å²) in [6.45, 7) is 0. The minimum absolute atomic E-state index is 0.186. The first-order valence-electron chi connectivity index (χ1n) is 5.86. The molecule has 4 nitrogen and oxygen atoms in total. The molecule has 0 radical (unpaired) electrons. The molecule has 0 atom stereocenters. The molecule has 20 heavy (non-hydrogen) atoms. The van der Waals surface area contributed by atoms with Gasteiger partial charge in [0.1, 0.15) is 5.69 Å². The van der Waals surface area contributed by atoms with E-state index in [1.54, 1.807) is 11.7 Å². The summed E-state index contributed by atoms with van der Waals surface area (Å²) in [4.78, 5) is 15.6. The molecule has 0 bridgehead atoms. The van der Waals surface area contributed by atoms with Crippen molar-refractivity contribution in [2.24, 2.45) is 7.05 Å². The highest BCUT2D eigenvalue weighted by Crippen LogP contribution is 2.34. The number of hydrogen-bond donors (Lipinski definition) is 0. The van der Waals surface area contributed by atoms with Gasteiger partial charge < -0.3 is 0 Å². The lowest BCUT2D eigenvalue weighted by Crippen LogP contribution is -1.95. The van der Waals surface area contributed by atoms with Gasteiger partial charge in [0.2, 0.25) is 0 Å². The molecule has 2 heterocycles. The lowest BCUT2D eigenvalue weighted by Gasteiger charge is -2.02. The third-order valence-electron chi connectivity index (χ3n) is 3.05. The maximum Gasteiger partial charge on any atom is 0.255 e. The summed E-state index contributed by atoms with van der Waals surface area (Å²) in [7, 11) is 1.78.